The summed E-state index contributed by atoms with van der Waals surface area (Å²) in [7, 11) is 0. The van der Waals surface area contributed by atoms with Crippen molar-refractivity contribution in [2.75, 3.05) is 5.32 Å². The fourth-order valence-electron chi connectivity index (χ4n) is 3.77. The Labute approximate surface area is 155 Å². The summed E-state index contributed by atoms with van der Waals surface area (Å²) in [6.45, 7) is 0. The van der Waals surface area contributed by atoms with Gasteiger partial charge in [-0.05, 0) is 54.7 Å². The van der Waals surface area contributed by atoms with E-state index in [2.05, 4.69) is 27.8 Å². The fraction of sp³-hybridized carbons (Fsp3) is 0.190. The third-order valence-electron chi connectivity index (χ3n) is 5.07. The quantitative estimate of drug-likeness (QED) is 0.604. The minimum absolute atomic E-state index is 0.0919. The third kappa shape index (κ3) is 2.89. The molecule has 1 aliphatic carbocycles. The fourth-order valence-corrected chi connectivity index (χ4v) is 3.77. The summed E-state index contributed by atoms with van der Waals surface area (Å²) in [6.07, 6.45) is 8.72. The van der Waals surface area contributed by atoms with E-state index in [9.17, 15) is 4.79 Å². The average molecular weight is 358 g/mol. The van der Waals surface area contributed by atoms with E-state index in [4.69, 9.17) is 4.42 Å². The summed E-state index contributed by atoms with van der Waals surface area (Å²) in [4.78, 5) is 12.7. The predicted molar refractivity (Wildman–Crippen MR) is 102 cm³/mol. The lowest BCUT2D eigenvalue weighted by atomic mass is 10.0. The Balaban J connectivity index is 1.40. The van der Waals surface area contributed by atoms with Gasteiger partial charge in [0.1, 0.15) is 5.58 Å². The average Bonchev–Trinajstić information content (AvgIpc) is 3.42. The predicted octanol–water partition coefficient (Wildman–Crippen LogP) is 3.68. The second-order valence-corrected chi connectivity index (χ2v) is 6.82. The van der Waals surface area contributed by atoms with Crippen molar-refractivity contribution in [2.24, 2.45) is 0 Å². The van der Waals surface area contributed by atoms with Crippen molar-refractivity contribution in [1.29, 1.82) is 0 Å². The third-order valence-corrected chi connectivity index (χ3v) is 5.07. The van der Waals surface area contributed by atoms with Crippen LogP contribution in [-0.2, 0) is 24.1 Å². The Bertz CT molecular complexity index is 1130. The Morgan fingerprint density at radius 1 is 1.19 bits per heavy atom. The van der Waals surface area contributed by atoms with Crippen LogP contribution in [0.25, 0.3) is 16.7 Å². The number of aryl methyl sites for hydroxylation is 2. The van der Waals surface area contributed by atoms with Crippen LogP contribution in [0.5, 0.6) is 0 Å². The molecule has 0 unspecified atom stereocenters. The van der Waals surface area contributed by atoms with Gasteiger partial charge in [0.15, 0.2) is 0 Å². The van der Waals surface area contributed by atoms with E-state index >= 15 is 0 Å². The Morgan fingerprint density at radius 2 is 2.04 bits per heavy atom. The molecule has 0 atom stereocenters. The number of nitrogens with zero attached hydrogens (tertiary/aromatic N) is 3. The lowest BCUT2D eigenvalue weighted by Crippen LogP contribution is -2.16. The molecule has 5 rings (SSSR count). The Kier molecular flexibility index (Phi) is 3.74. The van der Waals surface area contributed by atoms with Crippen LogP contribution in [0.15, 0.2) is 59.5 Å². The van der Waals surface area contributed by atoms with Crippen molar-refractivity contribution in [2.45, 2.75) is 25.7 Å². The van der Waals surface area contributed by atoms with Gasteiger partial charge in [-0.15, -0.1) is 5.10 Å². The van der Waals surface area contributed by atoms with Crippen LogP contribution in [0.3, 0.4) is 0 Å². The molecule has 2 aromatic carbocycles. The molecule has 27 heavy (non-hydrogen) atoms. The van der Waals surface area contributed by atoms with Crippen molar-refractivity contribution in [3.63, 3.8) is 0 Å². The molecule has 2 aromatic heterocycles. The molecule has 0 fully saturated rings. The van der Waals surface area contributed by atoms with Gasteiger partial charge in [0, 0.05) is 10.9 Å². The number of carbonyl (C=O) groups excluding carboxylic acids is 1. The van der Waals surface area contributed by atoms with Gasteiger partial charge in [-0.3, -0.25) is 4.79 Å². The summed E-state index contributed by atoms with van der Waals surface area (Å²) in [5.74, 6) is -0.0919. The van der Waals surface area contributed by atoms with E-state index in [0.717, 1.165) is 35.1 Å². The van der Waals surface area contributed by atoms with Crippen LogP contribution in [0, 0.1) is 0 Å². The number of aromatic nitrogens is 3. The van der Waals surface area contributed by atoms with E-state index in [1.165, 1.54) is 17.5 Å². The summed E-state index contributed by atoms with van der Waals surface area (Å²) in [5, 5.41) is 11.9. The highest BCUT2D eigenvalue weighted by atomic mass is 16.3. The molecule has 6 heteroatoms. The first-order valence-corrected chi connectivity index (χ1v) is 9.05. The zero-order valence-electron chi connectivity index (χ0n) is 14.7. The van der Waals surface area contributed by atoms with E-state index in [0.29, 0.717) is 5.69 Å². The molecule has 0 bridgehead atoms. The van der Waals surface area contributed by atoms with Gasteiger partial charge in [0.25, 0.3) is 0 Å². The number of hydrogen-bond donors (Lipinski definition) is 1. The molecular formula is C21H18N4O2. The topological polar surface area (TPSA) is 73.0 Å². The van der Waals surface area contributed by atoms with Gasteiger partial charge in [-0.2, -0.15) is 0 Å². The molecule has 0 radical (unpaired) electrons. The molecule has 0 saturated carbocycles. The van der Waals surface area contributed by atoms with Crippen LogP contribution >= 0.6 is 0 Å². The van der Waals surface area contributed by atoms with Crippen molar-refractivity contribution < 1.29 is 9.21 Å². The number of amides is 1. The van der Waals surface area contributed by atoms with Crippen LogP contribution in [-0.4, -0.2) is 20.9 Å². The van der Waals surface area contributed by atoms with Crippen molar-refractivity contribution in [3.05, 3.63) is 71.7 Å². The maximum Gasteiger partial charge on any atom is 0.228 e. The van der Waals surface area contributed by atoms with Crippen LogP contribution in [0.1, 0.15) is 23.1 Å². The highest BCUT2D eigenvalue weighted by molar-refractivity contribution is 5.97. The number of nitrogens with one attached hydrogen (secondary N) is 1. The number of furan rings is 1. The second kappa shape index (κ2) is 6.39. The highest BCUT2D eigenvalue weighted by Crippen LogP contribution is 2.30. The smallest absolute Gasteiger partial charge is 0.228 e. The molecule has 6 nitrogen and oxygen atoms in total. The largest absolute Gasteiger partial charge is 0.464 e. The molecule has 0 saturated heterocycles. The number of hydrogen-bond acceptors (Lipinski definition) is 4. The lowest BCUT2D eigenvalue weighted by Gasteiger charge is -2.10. The van der Waals surface area contributed by atoms with Gasteiger partial charge in [0.05, 0.1) is 36.5 Å². The van der Waals surface area contributed by atoms with E-state index < -0.39 is 0 Å². The number of fused-ring (bicyclic) bond motifs is 2. The number of para-hydroxylation sites is 2. The minimum Gasteiger partial charge on any atom is -0.464 e. The van der Waals surface area contributed by atoms with Gasteiger partial charge in [0.2, 0.25) is 5.91 Å². The van der Waals surface area contributed by atoms with E-state index in [-0.39, 0.29) is 12.3 Å². The first kappa shape index (κ1) is 15.8. The molecule has 0 aliphatic heterocycles. The van der Waals surface area contributed by atoms with E-state index in [1.54, 1.807) is 23.3 Å². The van der Waals surface area contributed by atoms with Gasteiger partial charge >= 0.3 is 0 Å². The first-order chi connectivity index (χ1) is 13.3. The summed E-state index contributed by atoms with van der Waals surface area (Å²) >= 11 is 0. The Hall–Kier alpha value is -3.41. The van der Waals surface area contributed by atoms with Crippen LogP contribution in [0.4, 0.5) is 5.69 Å². The SMILES string of the molecule is O=C(Cc1coc2cc3c(cc12)CCC3)Nc1ccccc1-n1ccnn1. The number of benzene rings is 2. The number of carbonyl (C=O) groups is 1. The van der Waals surface area contributed by atoms with Crippen LogP contribution in [0.2, 0.25) is 0 Å². The van der Waals surface area contributed by atoms with Gasteiger partial charge < -0.3 is 9.73 Å². The maximum atomic E-state index is 12.7. The second-order valence-electron chi connectivity index (χ2n) is 6.82. The normalized spacial score (nSPS) is 13.0. The first-order valence-electron chi connectivity index (χ1n) is 9.05. The number of anilines is 1. The summed E-state index contributed by atoms with van der Waals surface area (Å²) in [5.41, 5.74) is 5.99. The molecule has 0 spiro atoms. The molecule has 1 N–H and O–H groups in total. The van der Waals surface area contributed by atoms with Crippen LogP contribution < -0.4 is 5.32 Å². The van der Waals surface area contributed by atoms with Gasteiger partial charge in [-0.1, -0.05) is 17.3 Å². The lowest BCUT2D eigenvalue weighted by molar-refractivity contribution is -0.115. The maximum absolute atomic E-state index is 12.7. The van der Waals surface area contributed by atoms with Gasteiger partial charge in [-0.25, -0.2) is 4.68 Å². The van der Waals surface area contributed by atoms with Crippen molar-refractivity contribution in [3.8, 4) is 5.69 Å². The highest BCUT2D eigenvalue weighted by Gasteiger charge is 2.17. The molecule has 1 aliphatic rings. The summed E-state index contributed by atoms with van der Waals surface area (Å²) in [6, 6.07) is 11.8. The standard InChI is InChI=1S/C21H18N4O2/c26-21(23-18-6-1-2-7-19(18)25-9-8-22-24-25)12-16-13-27-20-11-15-5-3-4-14(15)10-17(16)20/h1-2,6-11,13H,3-5,12H2,(H,23,26). The zero-order valence-corrected chi connectivity index (χ0v) is 14.7. The molecule has 2 heterocycles. The monoisotopic (exact) mass is 358 g/mol. The molecular weight excluding hydrogens is 340 g/mol. The van der Waals surface area contributed by atoms with Crippen molar-refractivity contribution >= 4 is 22.6 Å². The van der Waals surface area contributed by atoms with Crippen molar-refractivity contribution in [1.82, 2.24) is 15.0 Å². The molecule has 4 aromatic rings. The number of rotatable bonds is 4. The molecule has 134 valence electrons. The Morgan fingerprint density at radius 3 is 2.89 bits per heavy atom. The van der Waals surface area contributed by atoms with E-state index in [1.807, 2.05) is 24.3 Å². The molecule has 1 amide bonds. The minimum atomic E-state index is -0.0919. The summed E-state index contributed by atoms with van der Waals surface area (Å²) < 4.78 is 7.34. The zero-order chi connectivity index (χ0) is 18.2.